The van der Waals surface area contributed by atoms with Crippen LogP contribution in [0.1, 0.15) is 47.0 Å². The van der Waals surface area contributed by atoms with Crippen LogP contribution in [0.15, 0.2) is 38.0 Å². The van der Waals surface area contributed by atoms with Crippen molar-refractivity contribution in [2.75, 3.05) is 33.7 Å². The molecule has 0 aromatic rings. The van der Waals surface area contributed by atoms with Crippen molar-refractivity contribution in [2.45, 2.75) is 53.1 Å². The summed E-state index contributed by atoms with van der Waals surface area (Å²) in [7, 11) is 3.74. The number of ketones is 1. The normalized spacial score (nSPS) is 8.08. The van der Waals surface area contributed by atoms with E-state index in [4.69, 9.17) is 22.4 Å². The first kappa shape index (κ1) is 51.9. The SMILES string of the molecule is C=CC(=O)NCCC.C=CC(=O)NCCC.C=CC(=O)O.CC(=O)C(F)(F)F.CCCN.C[N+](C)=CCl.Cl. The maximum atomic E-state index is 10.8. The van der Waals surface area contributed by atoms with Crippen LogP contribution in [0.4, 0.5) is 13.2 Å². The fraction of sp³-hybridized carbons (Fsp3) is 0.542. The van der Waals surface area contributed by atoms with Gasteiger partial charge in [-0.05, 0) is 49.6 Å². The number of hydrogen-bond donors (Lipinski definition) is 4. The minimum absolute atomic E-state index is 0. The van der Waals surface area contributed by atoms with E-state index in [0.29, 0.717) is 6.92 Å². The van der Waals surface area contributed by atoms with Gasteiger partial charge in [0.2, 0.25) is 23.3 Å². The summed E-state index contributed by atoms with van der Waals surface area (Å²) in [6.07, 6.45) is 1.78. The highest BCUT2D eigenvalue weighted by atomic mass is 35.5. The number of carbonyl (C=O) groups is 4. The zero-order valence-corrected chi connectivity index (χ0v) is 24.8. The molecule has 0 saturated heterocycles. The molecule has 0 aromatic heterocycles. The Kier molecular flexibility index (Phi) is 56.5. The largest absolute Gasteiger partial charge is 0.478 e. The number of Topliss-reactive ketones (excluding diaryl/α,β-unsaturated/α-hetero) is 1. The number of nitrogens with two attached hydrogens (primary N) is 1. The molecule has 0 bridgehead atoms. The van der Waals surface area contributed by atoms with Gasteiger partial charge in [0.25, 0.3) is 0 Å². The molecule has 0 heterocycles. The van der Waals surface area contributed by atoms with Gasteiger partial charge in [-0.3, -0.25) is 14.4 Å². The standard InChI is InChI=1S/2C6H11NO.C3H7ClN.C3H3F3O.C3H9N.C3H4O2.ClH/c2*1-3-5-7-6(8)4-2;1-5(2)3-4;1-2(7)3(4,5)6;1-2-3-4;1-2-3(4)5;/h2*4H,2-3,5H2,1H3,(H,7,8);3H,1-2H3;1H3;2-4H2,1H3;2H,1H2,(H,4,5);1H/q;;+1;;;;. The molecule has 0 aliphatic heterocycles. The zero-order chi connectivity index (χ0) is 30.9. The summed E-state index contributed by atoms with van der Waals surface area (Å²) in [4.78, 5) is 39.3. The summed E-state index contributed by atoms with van der Waals surface area (Å²) in [5.41, 5.74) is 6.50. The van der Waals surface area contributed by atoms with E-state index < -0.39 is 17.9 Å². The Morgan fingerprint density at radius 1 is 0.895 bits per heavy atom. The molecule has 0 atom stereocenters. The number of halogens is 5. The van der Waals surface area contributed by atoms with Crippen LogP contribution in [0.25, 0.3) is 0 Å². The third-order valence-corrected chi connectivity index (χ3v) is 2.92. The Hall–Kier alpha value is -2.70. The van der Waals surface area contributed by atoms with Gasteiger partial charge in [0.05, 0.1) is 0 Å². The summed E-state index contributed by atoms with van der Waals surface area (Å²) >= 11 is 5.14. The highest BCUT2D eigenvalue weighted by Gasteiger charge is 2.33. The van der Waals surface area contributed by atoms with Crippen LogP contribution in [-0.2, 0) is 19.2 Å². The Morgan fingerprint density at radius 2 is 1.13 bits per heavy atom. The van der Waals surface area contributed by atoms with Crippen molar-refractivity contribution in [3.63, 3.8) is 0 Å². The van der Waals surface area contributed by atoms with E-state index in [0.717, 1.165) is 45.0 Å². The van der Waals surface area contributed by atoms with Gasteiger partial charge in [-0.15, -0.1) is 12.4 Å². The first-order valence-corrected chi connectivity index (χ1v) is 11.5. The van der Waals surface area contributed by atoms with Crippen molar-refractivity contribution in [2.24, 2.45) is 5.73 Å². The molecule has 14 heteroatoms. The molecule has 0 saturated carbocycles. The van der Waals surface area contributed by atoms with Crippen LogP contribution in [0.5, 0.6) is 0 Å². The van der Waals surface area contributed by atoms with Crippen molar-refractivity contribution in [1.29, 1.82) is 0 Å². The van der Waals surface area contributed by atoms with E-state index in [2.05, 4.69) is 37.3 Å². The van der Waals surface area contributed by atoms with E-state index in [-0.39, 0.29) is 24.2 Å². The average molecular weight is 599 g/mol. The van der Waals surface area contributed by atoms with Gasteiger partial charge < -0.3 is 21.5 Å². The number of rotatable bonds is 8. The lowest BCUT2D eigenvalue weighted by atomic mass is 10.4. The highest BCUT2D eigenvalue weighted by molar-refractivity contribution is 6.54. The number of carboxylic acids is 1. The zero-order valence-electron chi connectivity index (χ0n) is 23.2. The molecule has 9 nitrogen and oxygen atoms in total. The van der Waals surface area contributed by atoms with Crippen molar-refractivity contribution in [3.8, 4) is 0 Å². The third kappa shape index (κ3) is 84.3. The lowest BCUT2D eigenvalue weighted by molar-refractivity contribution is -0.457. The molecular weight excluding hydrogens is 552 g/mol. The molecular formula is C24H46Cl2F3N4O5+. The number of nitrogens with one attached hydrogen (secondary N) is 2. The number of carboxylic acid groups (broad SMARTS) is 1. The van der Waals surface area contributed by atoms with E-state index in [1.165, 1.54) is 17.8 Å². The fourth-order valence-electron chi connectivity index (χ4n) is 0.641. The van der Waals surface area contributed by atoms with E-state index in [1.807, 2.05) is 27.9 Å². The second kappa shape index (κ2) is 41.4. The molecule has 5 N–H and O–H groups in total. The number of alkyl halides is 3. The van der Waals surface area contributed by atoms with Gasteiger partial charge in [0.1, 0.15) is 14.1 Å². The molecule has 0 radical (unpaired) electrons. The quantitative estimate of drug-likeness (QED) is 0.188. The van der Waals surface area contributed by atoms with Crippen LogP contribution < -0.4 is 16.4 Å². The highest BCUT2D eigenvalue weighted by Crippen LogP contribution is 2.14. The smallest absolute Gasteiger partial charge is 0.449 e. The lowest BCUT2D eigenvalue weighted by Gasteiger charge is -1.95. The summed E-state index contributed by atoms with van der Waals surface area (Å²) < 4.78 is 34.3. The second-order valence-corrected chi connectivity index (χ2v) is 6.63. The third-order valence-electron chi connectivity index (χ3n) is 2.53. The molecule has 226 valence electrons. The number of carbonyl (C=O) groups excluding carboxylic acids is 3. The van der Waals surface area contributed by atoms with Gasteiger partial charge in [-0.2, -0.15) is 13.2 Å². The first-order valence-electron chi connectivity index (χ1n) is 11.1. The van der Waals surface area contributed by atoms with Crippen molar-refractivity contribution in [1.82, 2.24) is 10.6 Å². The predicted molar refractivity (Wildman–Crippen MR) is 152 cm³/mol. The number of aliphatic carboxylic acids is 1. The fourth-order valence-corrected chi connectivity index (χ4v) is 0.641. The van der Waals surface area contributed by atoms with Gasteiger partial charge in [-0.1, -0.05) is 40.5 Å². The predicted octanol–water partition coefficient (Wildman–Crippen LogP) is 4.09. The van der Waals surface area contributed by atoms with Gasteiger partial charge in [0.15, 0.2) is 0 Å². The molecule has 0 spiro atoms. The summed E-state index contributed by atoms with van der Waals surface area (Å²) in [6, 6.07) is 0. The van der Waals surface area contributed by atoms with Crippen LogP contribution >= 0.6 is 24.0 Å². The lowest BCUT2D eigenvalue weighted by Crippen LogP contribution is -2.20. The van der Waals surface area contributed by atoms with E-state index in [1.54, 1.807) is 4.58 Å². The molecule has 0 aliphatic rings. The van der Waals surface area contributed by atoms with Gasteiger partial charge in [0, 0.05) is 26.1 Å². The maximum absolute atomic E-state index is 10.8. The van der Waals surface area contributed by atoms with Crippen LogP contribution in [0.3, 0.4) is 0 Å². The van der Waals surface area contributed by atoms with Gasteiger partial charge >= 0.3 is 12.1 Å². The number of nitrogens with zero attached hydrogens (tertiary/aromatic N) is 1. The average Bonchev–Trinajstić information content (AvgIpc) is 2.86. The Balaban J connectivity index is -0.0000000614. The minimum atomic E-state index is -4.64. The van der Waals surface area contributed by atoms with Crippen molar-refractivity contribution < 1.29 is 42.0 Å². The topological polar surface area (TPSA) is 142 Å². The van der Waals surface area contributed by atoms with E-state index >= 15 is 0 Å². The number of amides is 2. The van der Waals surface area contributed by atoms with Crippen molar-refractivity contribution >= 4 is 53.2 Å². The minimum Gasteiger partial charge on any atom is -0.478 e. The van der Waals surface area contributed by atoms with Gasteiger partial charge in [-0.25, -0.2) is 9.37 Å². The summed E-state index contributed by atoms with van der Waals surface area (Å²) in [5, 5.41) is 12.9. The maximum Gasteiger partial charge on any atom is 0.449 e. The monoisotopic (exact) mass is 597 g/mol. The Labute approximate surface area is 236 Å². The van der Waals surface area contributed by atoms with Crippen LogP contribution in [0, 0.1) is 0 Å². The Morgan fingerprint density at radius 3 is 1.21 bits per heavy atom. The summed E-state index contributed by atoms with van der Waals surface area (Å²) in [6.45, 7) is 18.4. The van der Waals surface area contributed by atoms with E-state index in [9.17, 15) is 32.3 Å². The molecule has 0 aliphatic carbocycles. The molecule has 2 amide bonds. The summed E-state index contributed by atoms with van der Waals surface area (Å²) in [5.74, 6) is -2.92. The molecule has 0 fully saturated rings. The van der Waals surface area contributed by atoms with Crippen molar-refractivity contribution in [3.05, 3.63) is 38.0 Å². The van der Waals surface area contributed by atoms with Crippen LogP contribution in [-0.4, -0.2) is 78.8 Å². The second-order valence-electron chi connectivity index (χ2n) is 6.44. The molecule has 0 aromatic carbocycles. The molecule has 38 heavy (non-hydrogen) atoms. The first-order chi connectivity index (χ1) is 17.0. The molecule has 0 rings (SSSR count). The number of hydrogen-bond acceptors (Lipinski definition) is 5. The Bertz CT molecular complexity index is 631. The van der Waals surface area contributed by atoms with Crippen LogP contribution in [0.2, 0.25) is 0 Å². The molecule has 0 unspecified atom stereocenters.